The molecule has 0 heterocycles. The molecule has 1 aromatic rings. The van der Waals surface area contributed by atoms with Crippen molar-refractivity contribution < 1.29 is 9.90 Å². The summed E-state index contributed by atoms with van der Waals surface area (Å²) in [5, 5.41) is 12.9. The Balaban J connectivity index is 2.05. The van der Waals surface area contributed by atoms with Crippen molar-refractivity contribution in [2.75, 3.05) is 6.61 Å². The van der Waals surface area contributed by atoms with E-state index in [0.717, 1.165) is 24.8 Å². The smallest absolute Gasteiger partial charge is 0.251 e. The minimum absolute atomic E-state index is 0.0832. The van der Waals surface area contributed by atoms with Crippen LogP contribution < -0.4 is 5.32 Å². The number of aliphatic hydroxyl groups is 1. The van der Waals surface area contributed by atoms with Gasteiger partial charge in [-0.2, -0.15) is 0 Å². The van der Waals surface area contributed by atoms with Crippen molar-refractivity contribution in [2.24, 2.45) is 5.92 Å². The number of rotatable bonds is 3. The minimum Gasteiger partial charge on any atom is -0.396 e. The zero-order chi connectivity index (χ0) is 13.1. The first kappa shape index (κ1) is 13.4. The molecule has 0 bridgehead atoms. The largest absolute Gasteiger partial charge is 0.396 e. The molecule has 0 aromatic heterocycles. The quantitative estimate of drug-likeness (QED) is 0.884. The molecule has 0 saturated heterocycles. The van der Waals surface area contributed by atoms with Gasteiger partial charge in [-0.1, -0.05) is 18.0 Å². The van der Waals surface area contributed by atoms with Gasteiger partial charge in [0.2, 0.25) is 0 Å². The zero-order valence-electron chi connectivity index (χ0n) is 10.4. The average Bonchev–Trinajstić information content (AvgIpc) is 2.79. The molecule has 1 aliphatic carbocycles. The second-order valence-electron chi connectivity index (χ2n) is 4.92. The summed E-state index contributed by atoms with van der Waals surface area (Å²) in [7, 11) is 0. The van der Waals surface area contributed by atoms with Crippen LogP contribution in [0.2, 0.25) is 5.02 Å². The van der Waals surface area contributed by atoms with Gasteiger partial charge in [0.25, 0.3) is 5.91 Å². The summed E-state index contributed by atoms with van der Waals surface area (Å²) < 4.78 is 0. The topological polar surface area (TPSA) is 49.3 Å². The van der Waals surface area contributed by atoms with E-state index in [0.29, 0.717) is 10.6 Å². The highest BCUT2D eigenvalue weighted by molar-refractivity contribution is 6.31. The molecule has 98 valence electrons. The van der Waals surface area contributed by atoms with Crippen LogP contribution in [0.25, 0.3) is 0 Å². The summed E-state index contributed by atoms with van der Waals surface area (Å²) in [5.74, 6) is 0.113. The number of amides is 1. The number of aliphatic hydroxyl groups excluding tert-OH is 1. The van der Waals surface area contributed by atoms with Crippen LogP contribution >= 0.6 is 11.6 Å². The monoisotopic (exact) mass is 267 g/mol. The van der Waals surface area contributed by atoms with Crippen LogP contribution in [0.3, 0.4) is 0 Å². The second kappa shape index (κ2) is 5.72. The maximum Gasteiger partial charge on any atom is 0.251 e. The van der Waals surface area contributed by atoms with E-state index in [4.69, 9.17) is 11.6 Å². The lowest BCUT2D eigenvalue weighted by Gasteiger charge is -2.19. The SMILES string of the molecule is Cc1cc(C(=O)NC2CCCC2CO)ccc1Cl. The number of hydrogen-bond acceptors (Lipinski definition) is 2. The highest BCUT2D eigenvalue weighted by Crippen LogP contribution is 2.25. The molecule has 0 radical (unpaired) electrons. The number of halogens is 1. The first-order valence-electron chi connectivity index (χ1n) is 6.29. The Labute approximate surface area is 112 Å². The normalized spacial score (nSPS) is 23.1. The number of hydrogen-bond donors (Lipinski definition) is 2. The van der Waals surface area contributed by atoms with E-state index in [1.807, 2.05) is 6.92 Å². The fourth-order valence-electron chi connectivity index (χ4n) is 2.48. The van der Waals surface area contributed by atoms with Crippen molar-refractivity contribution in [3.05, 3.63) is 34.3 Å². The van der Waals surface area contributed by atoms with Crippen molar-refractivity contribution in [3.63, 3.8) is 0 Å². The van der Waals surface area contributed by atoms with Gasteiger partial charge in [-0.3, -0.25) is 4.79 Å². The van der Waals surface area contributed by atoms with Crippen molar-refractivity contribution >= 4 is 17.5 Å². The van der Waals surface area contributed by atoms with Gasteiger partial charge in [-0.25, -0.2) is 0 Å². The van der Waals surface area contributed by atoms with Crippen molar-refractivity contribution in [1.82, 2.24) is 5.32 Å². The molecule has 0 aliphatic heterocycles. The first-order chi connectivity index (χ1) is 8.61. The molecule has 0 spiro atoms. The number of benzene rings is 1. The fourth-order valence-corrected chi connectivity index (χ4v) is 2.60. The molecule has 4 heteroatoms. The predicted molar refractivity (Wildman–Crippen MR) is 71.9 cm³/mol. The van der Waals surface area contributed by atoms with E-state index in [-0.39, 0.29) is 24.5 Å². The van der Waals surface area contributed by atoms with Crippen molar-refractivity contribution in [1.29, 1.82) is 0 Å². The number of carbonyl (C=O) groups excluding carboxylic acids is 1. The molecule has 1 fully saturated rings. The molecular formula is C14H18ClNO2. The maximum atomic E-state index is 12.1. The zero-order valence-corrected chi connectivity index (χ0v) is 11.2. The van der Waals surface area contributed by atoms with Gasteiger partial charge in [0, 0.05) is 29.2 Å². The standard InChI is InChI=1S/C14H18ClNO2/c1-9-7-10(5-6-12(9)15)14(18)16-13-4-2-3-11(13)8-17/h5-7,11,13,17H,2-4,8H2,1H3,(H,16,18). The molecule has 2 atom stereocenters. The molecule has 2 unspecified atom stereocenters. The van der Waals surface area contributed by atoms with Crippen LogP contribution in [0.1, 0.15) is 35.2 Å². The Morgan fingerprint density at radius 1 is 1.50 bits per heavy atom. The molecule has 1 amide bonds. The van der Waals surface area contributed by atoms with E-state index in [1.54, 1.807) is 18.2 Å². The average molecular weight is 268 g/mol. The van der Waals surface area contributed by atoms with Crippen LogP contribution in [0.5, 0.6) is 0 Å². The van der Waals surface area contributed by atoms with Gasteiger partial charge in [0.05, 0.1) is 0 Å². The molecule has 1 saturated carbocycles. The Kier molecular flexibility index (Phi) is 4.25. The van der Waals surface area contributed by atoms with Gasteiger partial charge in [0.1, 0.15) is 0 Å². The van der Waals surface area contributed by atoms with E-state index in [1.165, 1.54) is 0 Å². The van der Waals surface area contributed by atoms with E-state index < -0.39 is 0 Å². The predicted octanol–water partition coefficient (Wildman–Crippen LogP) is 2.54. The summed E-state index contributed by atoms with van der Waals surface area (Å²) >= 11 is 5.94. The molecule has 2 rings (SSSR count). The molecule has 1 aromatic carbocycles. The van der Waals surface area contributed by atoms with Gasteiger partial charge >= 0.3 is 0 Å². The van der Waals surface area contributed by atoms with Gasteiger partial charge < -0.3 is 10.4 Å². The maximum absolute atomic E-state index is 12.1. The summed E-state index contributed by atoms with van der Waals surface area (Å²) in [6, 6.07) is 5.36. The minimum atomic E-state index is -0.0832. The third-order valence-electron chi connectivity index (χ3n) is 3.63. The van der Waals surface area contributed by atoms with Crippen molar-refractivity contribution in [2.45, 2.75) is 32.2 Å². The lowest BCUT2D eigenvalue weighted by Crippen LogP contribution is -2.38. The first-order valence-corrected chi connectivity index (χ1v) is 6.67. The third kappa shape index (κ3) is 2.85. The van der Waals surface area contributed by atoms with Crippen molar-refractivity contribution in [3.8, 4) is 0 Å². The van der Waals surface area contributed by atoms with Crippen LogP contribution in [-0.2, 0) is 0 Å². The second-order valence-corrected chi connectivity index (χ2v) is 5.32. The fraction of sp³-hybridized carbons (Fsp3) is 0.500. The van der Waals surface area contributed by atoms with Crippen LogP contribution in [0.15, 0.2) is 18.2 Å². The van der Waals surface area contributed by atoms with E-state index >= 15 is 0 Å². The Morgan fingerprint density at radius 3 is 2.94 bits per heavy atom. The van der Waals surface area contributed by atoms with Gasteiger partial charge in [-0.15, -0.1) is 0 Å². The van der Waals surface area contributed by atoms with E-state index in [2.05, 4.69) is 5.32 Å². The molecule has 18 heavy (non-hydrogen) atoms. The highest BCUT2D eigenvalue weighted by Gasteiger charge is 2.28. The molecule has 2 N–H and O–H groups in total. The van der Waals surface area contributed by atoms with E-state index in [9.17, 15) is 9.90 Å². The molecule has 3 nitrogen and oxygen atoms in total. The Hall–Kier alpha value is -1.06. The highest BCUT2D eigenvalue weighted by atomic mass is 35.5. The van der Waals surface area contributed by atoms with Crippen LogP contribution in [0.4, 0.5) is 0 Å². The van der Waals surface area contributed by atoms with Gasteiger partial charge in [0.15, 0.2) is 0 Å². The summed E-state index contributed by atoms with van der Waals surface area (Å²) in [6.07, 6.45) is 3.00. The molecule has 1 aliphatic rings. The molecular weight excluding hydrogens is 250 g/mol. The van der Waals surface area contributed by atoms with Crippen LogP contribution in [0, 0.1) is 12.8 Å². The van der Waals surface area contributed by atoms with Crippen LogP contribution in [-0.4, -0.2) is 23.7 Å². The summed E-state index contributed by atoms with van der Waals surface area (Å²) in [4.78, 5) is 12.1. The van der Waals surface area contributed by atoms with Gasteiger partial charge in [-0.05, 0) is 43.5 Å². The Morgan fingerprint density at radius 2 is 2.28 bits per heavy atom. The lowest BCUT2D eigenvalue weighted by atomic mass is 10.0. The lowest BCUT2D eigenvalue weighted by molar-refractivity contribution is 0.0916. The third-order valence-corrected chi connectivity index (χ3v) is 4.05. The number of carbonyl (C=O) groups is 1. The summed E-state index contributed by atoms with van der Waals surface area (Å²) in [5.41, 5.74) is 1.52. The summed E-state index contributed by atoms with van der Waals surface area (Å²) in [6.45, 7) is 2.02. The number of aryl methyl sites for hydroxylation is 1. The number of nitrogens with one attached hydrogen (secondary N) is 1. The Bertz CT molecular complexity index is 447.